The Balaban J connectivity index is 1.70. The van der Waals surface area contributed by atoms with Crippen LogP contribution in [0.25, 0.3) is 11.5 Å². The fraction of sp³-hybridized carbons (Fsp3) is 0.391. The van der Waals surface area contributed by atoms with Crippen molar-refractivity contribution < 1.29 is 17.6 Å². The molecule has 32 heavy (non-hydrogen) atoms. The summed E-state index contributed by atoms with van der Waals surface area (Å²) in [7, 11) is -3.59. The van der Waals surface area contributed by atoms with E-state index < -0.39 is 10.0 Å². The van der Waals surface area contributed by atoms with Gasteiger partial charge in [0.15, 0.2) is 10.9 Å². The third-order valence-electron chi connectivity index (χ3n) is 4.99. The van der Waals surface area contributed by atoms with Crippen LogP contribution in [-0.2, 0) is 10.0 Å². The molecule has 7 nitrogen and oxygen atoms in total. The highest BCUT2D eigenvalue weighted by atomic mass is 32.2. The van der Waals surface area contributed by atoms with Crippen LogP contribution < -0.4 is 5.32 Å². The topological polar surface area (TPSA) is 92.5 Å². The van der Waals surface area contributed by atoms with E-state index in [-0.39, 0.29) is 10.8 Å². The van der Waals surface area contributed by atoms with Crippen LogP contribution in [0.2, 0.25) is 0 Å². The summed E-state index contributed by atoms with van der Waals surface area (Å²) >= 11 is 1.30. The van der Waals surface area contributed by atoms with Gasteiger partial charge in [-0.3, -0.25) is 10.1 Å². The second-order valence-electron chi connectivity index (χ2n) is 7.54. The van der Waals surface area contributed by atoms with Crippen molar-refractivity contribution in [2.45, 2.75) is 51.3 Å². The molecule has 2 heterocycles. The predicted molar refractivity (Wildman–Crippen MR) is 128 cm³/mol. The lowest BCUT2D eigenvalue weighted by Gasteiger charge is -2.22. The third kappa shape index (κ3) is 5.85. The number of anilines is 1. The highest BCUT2D eigenvalue weighted by molar-refractivity contribution is 7.89. The van der Waals surface area contributed by atoms with E-state index in [1.807, 2.05) is 38.3 Å². The van der Waals surface area contributed by atoms with Crippen LogP contribution in [0.4, 0.5) is 5.13 Å². The Morgan fingerprint density at radius 2 is 1.72 bits per heavy atom. The lowest BCUT2D eigenvalue weighted by Crippen LogP contribution is -2.33. The van der Waals surface area contributed by atoms with Crippen molar-refractivity contribution >= 4 is 32.4 Å². The van der Waals surface area contributed by atoms with Gasteiger partial charge in [0.2, 0.25) is 10.0 Å². The molecule has 3 aromatic rings. The van der Waals surface area contributed by atoms with Crippen molar-refractivity contribution in [1.82, 2.24) is 9.29 Å². The van der Waals surface area contributed by atoms with Crippen molar-refractivity contribution in [3.8, 4) is 11.5 Å². The van der Waals surface area contributed by atoms with E-state index in [0.717, 1.165) is 31.4 Å². The molecule has 0 fully saturated rings. The Labute approximate surface area is 193 Å². The predicted octanol–water partition coefficient (Wildman–Crippen LogP) is 5.55. The largest absolute Gasteiger partial charge is 0.460 e. The number of hydrogen-bond acceptors (Lipinski definition) is 6. The number of aryl methyl sites for hydroxylation is 1. The van der Waals surface area contributed by atoms with Gasteiger partial charge in [0.05, 0.1) is 4.90 Å². The first-order chi connectivity index (χ1) is 15.3. The average molecular weight is 476 g/mol. The van der Waals surface area contributed by atoms with E-state index in [1.54, 1.807) is 4.31 Å². The Kier molecular flexibility index (Phi) is 8.22. The van der Waals surface area contributed by atoms with Crippen molar-refractivity contribution in [1.29, 1.82) is 0 Å². The van der Waals surface area contributed by atoms with Gasteiger partial charge >= 0.3 is 0 Å². The molecule has 0 unspecified atom stereocenters. The first-order valence-corrected chi connectivity index (χ1v) is 13.1. The number of furan rings is 1. The monoisotopic (exact) mass is 475 g/mol. The van der Waals surface area contributed by atoms with Gasteiger partial charge < -0.3 is 4.42 Å². The minimum atomic E-state index is -3.59. The third-order valence-corrected chi connectivity index (χ3v) is 7.66. The van der Waals surface area contributed by atoms with Crippen molar-refractivity contribution in [2.24, 2.45) is 0 Å². The Bertz CT molecular complexity index is 1130. The zero-order valence-corrected chi connectivity index (χ0v) is 20.3. The fourth-order valence-corrected chi connectivity index (χ4v) is 5.35. The highest BCUT2D eigenvalue weighted by Gasteiger charge is 2.24. The zero-order chi connectivity index (χ0) is 23.1. The van der Waals surface area contributed by atoms with Gasteiger partial charge in [-0.05, 0) is 56.2 Å². The van der Waals surface area contributed by atoms with Gasteiger partial charge in [-0.1, -0.05) is 26.7 Å². The molecular weight excluding hydrogens is 446 g/mol. The van der Waals surface area contributed by atoms with Crippen LogP contribution >= 0.6 is 11.3 Å². The van der Waals surface area contributed by atoms with Gasteiger partial charge in [0.25, 0.3) is 5.91 Å². The minimum absolute atomic E-state index is 0.200. The quantitative estimate of drug-likeness (QED) is 0.392. The molecular formula is C23H29N3O4S2. The molecule has 0 radical (unpaired) electrons. The molecule has 0 aliphatic heterocycles. The average Bonchev–Trinajstić information content (AvgIpc) is 3.42. The molecule has 0 saturated heterocycles. The molecule has 172 valence electrons. The van der Waals surface area contributed by atoms with Crippen LogP contribution in [0.5, 0.6) is 0 Å². The molecule has 9 heteroatoms. The zero-order valence-electron chi connectivity index (χ0n) is 18.6. The molecule has 1 amide bonds. The van der Waals surface area contributed by atoms with Crippen LogP contribution in [0.1, 0.15) is 55.6 Å². The van der Waals surface area contributed by atoms with E-state index in [4.69, 9.17) is 4.42 Å². The summed E-state index contributed by atoms with van der Waals surface area (Å²) < 4.78 is 33.2. The summed E-state index contributed by atoms with van der Waals surface area (Å²) in [5, 5.41) is 5.01. The number of carbonyl (C=O) groups excluding carboxylic acids is 1. The fourth-order valence-electron chi connectivity index (χ4n) is 3.13. The SMILES string of the molecule is CCCCN(CCCC)S(=O)(=O)c1ccc(C(=O)Nc2nc(-c3ccc(C)o3)cs2)cc1. The van der Waals surface area contributed by atoms with E-state index in [1.165, 1.54) is 35.6 Å². The van der Waals surface area contributed by atoms with Gasteiger partial charge in [-0.2, -0.15) is 4.31 Å². The molecule has 1 aromatic carbocycles. The van der Waals surface area contributed by atoms with E-state index in [2.05, 4.69) is 10.3 Å². The standard InChI is InChI=1S/C23H29N3O4S2/c1-4-6-14-26(15-7-5-2)32(28,29)19-11-9-18(10-12-19)22(27)25-23-24-20(16-31-23)21-13-8-17(3)30-21/h8-13,16H,4-7,14-15H2,1-3H3,(H,24,25,27). The summed E-state index contributed by atoms with van der Waals surface area (Å²) in [6, 6.07) is 9.74. The number of nitrogens with zero attached hydrogens (tertiary/aromatic N) is 2. The van der Waals surface area contributed by atoms with E-state index in [0.29, 0.717) is 35.2 Å². The van der Waals surface area contributed by atoms with E-state index in [9.17, 15) is 13.2 Å². The van der Waals surface area contributed by atoms with Gasteiger partial charge in [0, 0.05) is 24.0 Å². The molecule has 0 aliphatic rings. The number of carbonyl (C=O) groups is 1. The van der Waals surface area contributed by atoms with Crippen molar-refractivity contribution in [2.75, 3.05) is 18.4 Å². The first kappa shape index (κ1) is 24.2. The Morgan fingerprint density at radius 3 is 2.28 bits per heavy atom. The van der Waals surface area contributed by atoms with Crippen LogP contribution in [-0.4, -0.2) is 36.7 Å². The normalized spacial score (nSPS) is 11.8. The Morgan fingerprint density at radius 1 is 1.06 bits per heavy atom. The number of sulfonamides is 1. The summed E-state index contributed by atoms with van der Waals surface area (Å²) in [5.41, 5.74) is 1.02. The van der Waals surface area contributed by atoms with Crippen LogP contribution in [0, 0.1) is 6.92 Å². The first-order valence-electron chi connectivity index (χ1n) is 10.8. The molecule has 0 aliphatic carbocycles. The van der Waals surface area contributed by atoms with E-state index >= 15 is 0 Å². The lowest BCUT2D eigenvalue weighted by molar-refractivity contribution is 0.102. The lowest BCUT2D eigenvalue weighted by atomic mass is 10.2. The molecule has 2 aromatic heterocycles. The number of amides is 1. The maximum Gasteiger partial charge on any atom is 0.257 e. The minimum Gasteiger partial charge on any atom is -0.460 e. The summed E-state index contributed by atoms with van der Waals surface area (Å²) in [6.45, 7) is 6.94. The number of rotatable bonds is 11. The van der Waals surface area contributed by atoms with Crippen molar-refractivity contribution in [3.63, 3.8) is 0 Å². The highest BCUT2D eigenvalue weighted by Crippen LogP contribution is 2.27. The molecule has 0 spiro atoms. The summed E-state index contributed by atoms with van der Waals surface area (Å²) in [6.07, 6.45) is 3.48. The smallest absolute Gasteiger partial charge is 0.257 e. The van der Waals surface area contributed by atoms with Gasteiger partial charge in [-0.15, -0.1) is 11.3 Å². The number of nitrogens with one attached hydrogen (secondary N) is 1. The molecule has 0 bridgehead atoms. The number of aromatic nitrogens is 1. The molecule has 0 atom stereocenters. The van der Waals surface area contributed by atoms with Gasteiger partial charge in [-0.25, -0.2) is 13.4 Å². The number of hydrogen-bond donors (Lipinski definition) is 1. The molecule has 3 rings (SSSR count). The van der Waals surface area contributed by atoms with Crippen LogP contribution in [0.3, 0.4) is 0 Å². The second kappa shape index (κ2) is 10.9. The van der Waals surface area contributed by atoms with Crippen molar-refractivity contribution in [3.05, 3.63) is 53.1 Å². The second-order valence-corrected chi connectivity index (χ2v) is 10.3. The van der Waals surface area contributed by atoms with Gasteiger partial charge in [0.1, 0.15) is 11.5 Å². The summed E-state index contributed by atoms with van der Waals surface area (Å²) in [4.78, 5) is 17.2. The van der Waals surface area contributed by atoms with Crippen LogP contribution in [0.15, 0.2) is 51.1 Å². The number of thiazole rings is 1. The molecule has 0 saturated carbocycles. The molecule has 1 N–H and O–H groups in total. The maximum atomic E-state index is 13.1. The maximum absolute atomic E-state index is 13.1. The number of unbranched alkanes of at least 4 members (excludes halogenated alkanes) is 2. The number of benzene rings is 1. The Hall–Kier alpha value is -2.49. The summed E-state index contributed by atoms with van der Waals surface area (Å²) in [5.74, 6) is 1.08.